The van der Waals surface area contributed by atoms with Gasteiger partial charge in [-0.05, 0) is 12.3 Å². The van der Waals surface area contributed by atoms with E-state index in [1.54, 1.807) is 7.05 Å². The predicted molar refractivity (Wildman–Crippen MR) is 75.2 cm³/mol. The van der Waals surface area contributed by atoms with Crippen LogP contribution < -0.4 is 4.90 Å². The van der Waals surface area contributed by atoms with Gasteiger partial charge in [-0.1, -0.05) is 20.8 Å². The van der Waals surface area contributed by atoms with Gasteiger partial charge in [0.05, 0.1) is 4.92 Å². The highest BCUT2D eigenvalue weighted by molar-refractivity contribution is 5.93. The minimum atomic E-state index is -1.34. The highest BCUT2D eigenvalue weighted by Crippen LogP contribution is 2.28. The normalized spacial score (nSPS) is 12.8. The molecule has 0 spiro atoms. The minimum absolute atomic E-state index is 0.0401. The molecule has 0 saturated heterocycles. The average molecular weight is 281 g/mol. The number of pyridine rings is 1. The lowest BCUT2D eigenvalue weighted by atomic mass is 9.87. The molecule has 0 bridgehead atoms. The van der Waals surface area contributed by atoms with Crippen LogP contribution in [0.15, 0.2) is 12.3 Å². The number of rotatable bonds is 4. The molecule has 0 aliphatic rings. The van der Waals surface area contributed by atoms with Crippen LogP contribution in [0.25, 0.3) is 0 Å². The van der Waals surface area contributed by atoms with Crippen molar-refractivity contribution in [3.8, 4) is 0 Å². The molecule has 0 amide bonds. The molecular formula is C13H19N3O4. The van der Waals surface area contributed by atoms with Gasteiger partial charge < -0.3 is 10.0 Å². The first-order valence-corrected chi connectivity index (χ1v) is 6.16. The molecule has 1 aromatic heterocycles. The van der Waals surface area contributed by atoms with Crippen LogP contribution >= 0.6 is 0 Å². The van der Waals surface area contributed by atoms with Gasteiger partial charge in [0.2, 0.25) is 0 Å². The maximum absolute atomic E-state index is 11.1. The Hall–Kier alpha value is -2.18. The van der Waals surface area contributed by atoms with E-state index in [1.165, 1.54) is 6.07 Å². The third-order valence-corrected chi connectivity index (χ3v) is 3.49. The van der Waals surface area contributed by atoms with Crippen LogP contribution in [0, 0.1) is 15.5 Å². The average Bonchev–Trinajstić information content (AvgIpc) is 2.34. The van der Waals surface area contributed by atoms with E-state index in [2.05, 4.69) is 25.8 Å². The van der Waals surface area contributed by atoms with Crippen LogP contribution in [-0.2, 0) is 0 Å². The van der Waals surface area contributed by atoms with Gasteiger partial charge in [-0.2, -0.15) is 0 Å². The summed E-state index contributed by atoms with van der Waals surface area (Å²) in [5.41, 5.74) is -0.896. The van der Waals surface area contributed by atoms with Crippen molar-refractivity contribution in [1.29, 1.82) is 0 Å². The quantitative estimate of drug-likeness (QED) is 0.673. The molecule has 7 heteroatoms. The standard InChI is InChI=1S/C13H19N3O4/c1-8(13(2,3)4)15(5)11-6-9(12(17)18)10(7-14-11)16(19)20/h6-8H,1-5H3,(H,17,18). The van der Waals surface area contributed by atoms with Gasteiger partial charge in [0, 0.05) is 19.2 Å². The second kappa shape index (κ2) is 5.44. The Morgan fingerprint density at radius 1 is 1.50 bits per heavy atom. The number of hydrogen-bond donors (Lipinski definition) is 1. The van der Waals surface area contributed by atoms with Gasteiger partial charge in [-0.3, -0.25) is 10.1 Å². The molecule has 1 unspecified atom stereocenters. The predicted octanol–water partition coefficient (Wildman–Crippen LogP) is 2.56. The Labute approximate surface area is 117 Å². The molecular weight excluding hydrogens is 262 g/mol. The number of nitro groups is 1. The molecule has 0 fully saturated rings. The molecule has 1 rings (SSSR count). The summed E-state index contributed by atoms with van der Waals surface area (Å²) >= 11 is 0. The van der Waals surface area contributed by atoms with Gasteiger partial charge in [0.1, 0.15) is 17.6 Å². The summed E-state index contributed by atoms with van der Waals surface area (Å²) in [6.45, 7) is 8.15. The zero-order chi connectivity index (χ0) is 15.7. The number of carboxylic acids is 1. The molecule has 0 aliphatic heterocycles. The van der Waals surface area contributed by atoms with Crippen LogP contribution in [0.2, 0.25) is 0 Å². The second-order valence-corrected chi connectivity index (χ2v) is 5.77. The number of hydrogen-bond acceptors (Lipinski definition) is 5. The van der Waals surface area contributed by atoms with Crippen molar-refractivity contribution in [3.05, 3.63) is 27.9 Å². The third kappa shape index (κ3) is 3.23. The second-order valence-electron chi connectivity index (χ2n) is 5.77. The first-order valence-electron chi connectivity index (χ1n) is 6.16. The number of aromatic nitrogens is 1. The Morgan fingerprint density at radius 3 is 2.45 bits per heavy atom. The van der Waals surface area contributed by atoms with Crippen molar-refractivity contribution in [2.75, 3.05) is 11.9 Å². The van der Waals surface area contributed by atoms with Crippen molar-refractivity contribution < 1.29 is 14.8 Å². The van der Waals surface area contributed by atoms with Gasteiger partial charge in [0.15, 0.2) is 0 Å². The summed E-state index contributed by atoms with van der Waals surface area (Å²) < 4.78 is 0. The molecule has 1 atom stereocenters. The van der Waals surface area contributed by atoms with E-state index < -0.39 is 16.6 Å². The lowest BCUT2D eigenvalue weighted by Crippen LogP contribution is -2.39. The Balaban J connectivity index is 3.25. The summed E-state index contributed by atoms with van der Waals surface area (Å²) in [6.07, 6.45) is 0.991. The fourth-order valence-corrected chi connectivity index (χ4v) is 1.73. The molecule has 1 aromatic rings. The largest absolute Gasteiger partial charge is 0.477 e. The van der Waals surface area contributed by atoms with E-state index in [0.29, 0.717) is 5.82 Å². The van der Waals surface area contributed by atoms with Crippen molar-refractivity contribution in [2.45, 2.75) is 33.7 Å². The van der Waals surface area contributed by atoms with E-state index in [0.717, 1.165) is 6.20 Å². The molecule has 110 valence electrons. The zero-order valence-electron chi connectivity index (χ0n) is 12.2. The number of carboxylic acid groups (broad SMARTS) is 1. The van der Waals surface area contributed by atoms with Gasteiger partial charge >= 0.3 is 11.7 Å². The Kier molecular flexibility index (Phi) is 4.32. The molecule has 0 aliphatic carbocycles. The monoisotopic (exact) mass is 281 g/mol. The van der Waals surface area contributed by atoms with Crippen molar-refractivity contribution in [2.24, 2.45) is 5.41 Å². The van der Waals surface area contributed by atoms with Crippen LogP contribution in [0.1, 0.15) is 38.1 Å². The Bertz CT molecular complexity index is 537. The number of anilines is 1. The summed E-state index contributed by atoms with van der Waals surface area (Å²) in [6, 6.07) is 1.32. The van der Waals surface area contributed by atoms with Crippen LogP contribution in [0.5, 0.6) is 0 Å². The first-order chi connectivity index (χ1) is 9.05. The van der Waals surface area contributed by atoms with E-state index in [-0.39, 0.29) is 17.0 Å². The van der Waals surface area contributed by atoms with Crippen LogP contribution in [0.3, 0.4) is 0 Å². The molecule has 20 heavy (non-hydrogen) atoms. The first kappa shape index (κ1) is 15.9. The molecule has 7 nitrogen and oxygen atoms in total. The lowest BCUT2D eigenvalue weighted by molar-refractivity contribution is -0.385. The lowest BCUT2D eigenvalue weighted by Gasteiger charge is -2.36. The van der Waals surface area contributed by atoms with E-state index >= 15 is 0 Å². The summed E-state index contributed by atoms with van der Waals surface area (Å²) in [5.74, 6) is -0.937. The highest BCUT2D eigenvalue weighted by Gasteiger charge is 2.27. The topological polar surface area (TPSA) is 96.6 Å². The zero-order valence-corrected chi connectivity index (χ0v) is 12.2. The van der Waals surface area contributed by atoms with Gasteiger partial charge in [-0.25, -0.2) is 9.78 Å². The minimum Gasteiger partial charge on any atom is -0.477 e. The maximum Gasteiger partial charge on any atom is 0.342 e. The van der Waals surface area contributed by atoms with Gasteiger partial charge in [-0.15, -0.1) is 0 Å². The molecule has 0 radical (unpaired) electrons. The summed E-state index contributed by atoms with van der Waals surface area (Å²) in [5, 5.41) is 19.9. The van der Waals surface area contributed by atoms with Crippen LogP contribution in [-0.4, -0.2) is 34.1 Å². The summed E-state index contributed by atoms with van der Waals surface area (Å²) in [4.78, 5) is 27.0. The SMILES string of the molecule is CC(N(C)c1cc(C(=O)O)c([N+](=O)[O-])cn1)C(C)(C)C. The van der Waals surface area contributed by atoms with E-state index in [1.807, 2.05) is 11.8 Å². The molecule has 0 saturated carbocycles. The molecule has 1 N–H and O–H groups in total. The van der Waals surface area contributed by atoms with Crippen molar-refractivity contribution >= 4 is 17.5 Å². The molecule has 0 aromatic carbocycles. The van der Waals surface area contributed by atoms with Crippen molar-refractivity contribution in [3.63, 3.8) is 0 Å². The Morgan fingerprint density at radius 2 is 2.05 bits per heavy atom. The van der Waals surface area contributed by atoms with Crippen LogP contribution in [0.4, 0.5) is 11.5 Å². The number of carbonyl (C=O) groups is 1. The van der Waals surface area contributed by atoms with E-state index in [9.17, 15) is 14.9 Å². The van der Waals surface area contributed by atoms with E-state index in [4.69, 9.17) is 5.11 Å². The number of nitrogens with zero attached hydrogens (tertiary/aromatic N) is 3. The third-order valence-electron chi connectivity index (χ3n) is 3.49. The fourth-order valence-electron chi connectivity index (χ4n) is 1.73. The maximum atomic E-state index is 11.1. The van der Waals surface area contributed by atoms with Crippen molar-refractivity contribution in [1.82, 2.24) is 4.98 Å². The fraction of sp³-hybridized carbons (Fsp3) is 0.538. The number of aromatic carboxylic acids is 1. The molecule has 1 heterocycles. The highest BCUT2D eigenvalue weighted by atomic mass is 16.6. The van der Waals surface area contributed by atoms with Gasteiger partial charge in [0.25, 0.3) is 0 Å². The summed E-state index contributed by atoms with van der Waals surface area (Å²) in [7, 11) is 1.79. The smallest absolute Gasteiger partial charge is 0.342 e.